The maximum absolute atomic E-state index is 12.5. The topological polar surface area (TPSA) is 80.9 Å². The molecule has 0 aliphatic carbocycles. The number of nitrogens with one attached hydrogen (secondary N) is 1. The molecule has 4 aromatic heterocycles. The van der Waals surface area contributed by atoms with E-state index in [1.54, 1.807) is 23.3 Å². The molecule has 8 heteroatoms. The number of H-pyrrole nitrogens is 1. The molecule has 0 bridgehead atoms. The first-order chi connectivity index (χ1) is 11.2. The molecule has 1 N–H and O–H groups in total. The second kappa shape index (κ2) is 5.17. The molecule has 0 atom stereocenters. The fourth-order valence-corrected chi connectivity index (χ4v) is 3.26. The van der Waals surface area contributed by atoms with Gasteiger partial charge >= 0.3 is 0 Å². The normalized spacial score (nSPS) is 11.4. The molecule has 0 saturated heterocycles. The average Bonchev–Trinajstić information content (AvgIpc) is 3.27. The van der Waals surface area contributed by atoms with Gasteiger partial charge in [-0.1, -0.05) is 6.92 Å². The monoisotopic (exact) mass is 326 g/mol. The summed E-state index contributed by atoms with van der Waals surface area (Å²) in [5, 5.41) is 11.3. The van der Waals surface area contributed by atoms with Crippen molar-refractivity contribution < 1.29 is 0 Å². The van der Waals surface area contributed by atoms with Crippen molar-refractivity contribution in [1.29, 1.82) is 0 Å². The number of fused-ring (bicyclic) bond motifs is 1. The van der Waals surface area contributed by atoms with Crippen molar-refractivity contribution in [3.05, 3.63) is 51.8 Å². The Labute approximate surface area is 135 Å². The number of thiazole rings is 1. The van der Waals surface area contributed by atoms with Crippen LogP contribution < -0.4 is 5.56 Å². The summed E-state index contributed by atoms with van der Waals surface area (Å²) in [5.41, 5.74) is 3.97. The molecule has 0 spiro atoms. The Balaban J connectivity index is 1.89. The molecule has 0 fully saturated rings. The second-order valence-electron chi connectivity index (χ2n) is 5.19. The van der Waals surface area contributed by atoms with Crippen LogP contribution in [0.5, 0.6) is 0 Å². The van der Waals surface area contributed by atoms with Crippen molar-refractivity contribution in [2.24, 2.45) is 0 Å². The summed E-state index contributed by atoms with van der Waals surface area (Å²) in [4.78, 5) is 20.0. The average molecular weight is 326 g/mol. The van der Waals surface area contributed by atoms with Crippen molar-refractivity contribution in [3.63, 3.8) is 0 Å². The van der Waals surface area contributed by atoms with Crippen LogP contribution in [0.4, 0.5) is 0 Å². The third kappa shape index (κ3) is 2.10. The molecule has 0 radical (unpaired) electrons. The molecular formula is C15H14N6OS. The predicted octanol–water partition coefficient (Wildman–Crippen LogP) is 2.20. The zero-order chi connectivity index (χ0) is 16.0. The number of rotatable bonds is 3. The number of aromatic nitrogens is 6. The molecule has 4 rings (SSSR count). The van der Waals surface area contributed by atoms with Crippen LogP contribution in [-0.4, -0.2) is 29.4 Å². The van der Waals surface area contributed by atoms with E-state index in [0.29, 0.717) is 12.1 Å². The van der Waals surface area contributed by atoms with Gasteiger partial charge in [0.25, 0.3) is 5.56 Å². The molecule has 0 unspecified atom stereocenters. The highest BCUT2D eigenvalue weighted by atomic mass is 32.1. The maximum Gasteiger partial charge on any atom is 0.277 e. The standard InChI is InChI=1S/C15H14N6OS/c1-3-11-9(2)19-13-12(7-18-21(13)14(11)22)10-6-17-20(8-10)15-16-4-5-23-15/h4-8,19H,3H2,1-2H3. The van der Waals surface area contributed by atoms with Crippen molar-refractivity contribution in [1.82, 2.24) is 29.4 Å². The van der Waals surface area contributed by atoms with Crippen LogP contribution in [0.15, 0.2) is 35.0 Å². The van der Waals surface area contributed by atoms with Crippen LogP contribution in [0.3, 0.4) is 0 Å². The first-order valence-electron chi connectivity index (χ1n) is 7.23. The Hall–Kier alpha value is -2.74. The van der Waals surface area contributed by atoms with E-state index in [1.165, 1.54) is 15.9 Å². The Morgan fingerprint density at radius 3 is 2.91 bits per heavy atom. The SMILES string of the molecule is CCc1c(C)[nH]c2c(-c3cnn(-c4nccs4)c3)cnn2c1=O. The van der Waals surface area contributed by atoms with Crippen molar-refractivity contribution in [2.75, 3.05) is 0 Å². The largest absolute Gasteiger partial charge is 0.343 e. The number of hydrogen-bond acceptors (Lipinski definition) is 5. The van der Waals surface area contributed by atoms with Gasteiger partial charge in [-0.2, -0.15) is 14.7 Å². The fourth-order valence-electron chi connectivity index (χ4n) is 2.69. The molecular weight excluding hydrogens is 312 g/mol. The van der Waals surface area contributed by atoms with E-state index in [0.717, 1.165) is 27.5 Å². The molecule has 0 aliphatic heterocycles. The van der Waals surface area contributed by atoms with Gasteiger partial charge in [0.05, 0.1) is 12.4 Å². The second-order valence-corrected chi connectivity index (χ2v) is 6.07. The summed E-state index contributed by atoms with van der Waals surface area (Å²) >= 11 is 1.51. The number of nitrogens with zero attached hydrogens (tertiary/aromatic N) is 5. The highest BCUT2D eigenvalue weighted by Crippen LogP contribution is 2.24. The zero-order valence-electron chi connectivity index (χ0n) is 12.6. The smallest absolute Gasteiger partial charge is 0.277 e. The van der Waals surface area contributed by atoms with Crippen molar-refractivity contribution in [2.45, 2.75) is 20.3 Å². The number of hydrogen-bond donors (Lipinski definition) is 1. The van der Waals surface area contributed by atoms with Crippen molar-refractivity contribution in [3.8, 4) is 16.3 Å². The van der Waals surface area contributed by atoms with Crippen molar-refractivity contribution >= 4 is 17.0 Å². The third-order valence-corrected chi connectivity index (χ3v) is 4.60. The Morgan fingerprint density at radius 2 is 2.17 bits per heavy atom. The minimum Gasteiger partial charge on any atom is -0.343 e. The zero-order valence-corrected chi connectivity index (χ0v) is 13.5. The molecule has 4 heterocycles. The van der Waals surface area contributed by atoms with E-state index < -0.39 is 0 Å². The summed E-state index contributed by atoms with van der Waals surface area (Å²) in [7, 11) is 0. The molecule has 0 amide bonds. The highest BCUT2D eigenvalue weighted by molar-refractivity contribution is 7.12. The lowest BCUT2D eigenvalue weighted by atomic mass is 10.1. The molecule has 23 heavy (non-hydrogen) atoms. The minimum absolute atomic E-state index is 0.0719. The summed E-state index contributed by atoms with van der Waals surface area (Å²) in [6.07, 6.45) is 7.74. The predicted molar refractivity (Wildman–Crippen MR) is 88.2 cm³/mol. The minimum atomic E-state index is -0.0719. The molecule has 4 aromatic rings. The van der Waals surface area contributed by atoms with Gasteiger partial charge in [-0.15, -0.1) is 11.3 Å². The highest BCUT2D eigenvalue weighted by Gasteiger charge is 2.15. The summed E-state index contributed by atoms with van der Waals surface area (Å²) in [5.74, 6) is 0. The first-order valence-corrected chi connectivity index (χ1v) is 8.11. The third-order valence-electron chi connectivity index (χ3n) is 3.84. The van der Waals surface area contributed by atoms with Crippen LogP contribution in [-0.2, 0) is 6.42 Å². The van der Waals surface area contributed by atoms with Crippen LogP contribution >= 0.6 is 11.3 Å². The Bertz CT molecular complexity index is 1040. The van der Waals surface area contributed by atoms with E-state index in [2.05, 4.69) is 20.2 Å². The van der Waals surface area contributed by atoms with Crippen LogP contribution in [0.2, 0.25) is 0 Å². The summed E-state index contributed by atoms with van der Waals surface area (Å²) in [6.45, 7) is 3.88. The molecule has 116 valence electrons. The van der Waals surface area contributed by atoms with E-state index in [4.69, 9.17) is 0 Å². The van der Waals surface area contributed by atoms with E-state index in [9.17, 15) is 4.79 Å². The summed E-state index contributed by atoms with van der Waals surface area (Å²) in [6, 6.07) is 0. The van der Waals surface area contributed by atoms with E-state index in [1.807, 2.05) is 25.4 Å². The quantitative estimate of drug-likeness (QED) is 0.626. The van der Waals surface area contributed by atoms with Gasteiger partial charge in [0.1, 0.15) is 5.65 Å². The maximum atomic E-state index is 12.5. The number of aryl methyl sites for hydroxylation is 1. The molecule has 0 aromatic carbocycles. The first kappa shape index (κ1) is 13.9. The Kier molecular flexibility index (Phi) is 3.12. The van der Waals surface area contributed by atoms with Gasteiger partial charge in [-0.3, -0.25) is 4.79 Å². The fraction of sp³-hybridized carbons (Fsp3) is 0.200. The lowest BCUT2D eigenvalue weighted by Gasteiger charge is -2.04. The Morgan fingerprint density at radius 1 is 1.30 bits per heavy atom. The molecule has 7 nitrogen and oxygen atoms in total. The van der Waals surface area contributed by atoms with Gasteiger partial charge in [0, 0.05) is 40.2 Å². The van der Waals surface area contributed by atoms with E-state index >= 15 is 0 Å². The molecule has 0 aliphatic rings. The van der Waals surface area contributed by atoms with Crippen LogP contribution in [0.1, 0.15) is 18.2 Å². The van der Waals surface area contributed by atoms with Gasteiger partial charge < -0.3 is 4.98 Å². The van der Waals surface area contributed by atoms with Crippen LogP contribution in [0, 0.1) is 6.92 Å². The molecule has 0 saturated carbocycles. The summed E-state index contributed by atoms with van der Waals surface area (Å²) < 4.78 is 3.14. The van der Waals surface area contributed by atoms with E-state index in [-0.39, 0.29) is 5.56 Å². The van der Waals surface area contributed by atoms with Gasteiger partial charge in [-0.25, -0.2) is 9.67 Å². The van der Waals surface area contributed by atoms with Gasteiger partial charge in [0.2, 0.25) is 5.13 Å². The lowest BCUT2D eigenvalue weighted by Crippen LogP contribution is -2.21. The number of aromatic amines is 1. The van der Waals surface area contributed by atoms with Gasteiger partial charge in [-0.05, 0) is 13.3 Å². The lowest BCUT2D eigenvalue weighted by molar-refractivity contribution is 0.853. The van der Waals surface area contributed by atoms with Gasteiger partial charge in [0.15, 0.2) is 0 Å². The van der Waals surface area contributed by atoms with Crippen LogP contribution in [0.25, 0.3) is 21.9 Å².